The molecule has 0 aliphatic heterocycles. The van der Waals surface area contributed by atoms with Crippen LogP contribution in [-0.4, -0.2) is 18.4 Å². The second kappa shape index (κ2) is 6.98. The number of Topliss-reactive ketones (excluding diaryl/α,β-unsaturated/α-hetero) is 1. The Morgan fingerprint density at radius 2 is 1.60 bits per heavy atom. The molecule has 0 radical (unpaired) electrons. The lowest BCUT2D eigenvalue weighted by molar-refractivity contribution is 0.0370. The number of ether oxygens (including phenoxy) is 1. The van der Waals surface area contributed by atoms with Crippen molar-refractivity contribution in [3.8, 4) is 0 Å². The molecule has 2 aromatic rings. The normalized spacial score (nSPS) is 13.7. The zero-order valence-electron chi connectivity index (χ0n) is 11.5. The molecule has 2 rings (SSSR count). The van der Waals surface area contributed by atoms with Crippen LogP contribution in [0.25, 0.3) is 0 Å². The van der Waals surface area contributed by atoms with E-state index >= 15 is 0 Å². The molecule has 3 nitrogen and oxygen atoms in total. The van der Waals surface area contributed by atoms with E-state index in [1.165, 1.54) is 0 Å². The molecule has 0 saturated heterocycles. The molecule has 2 atom stereocenters. The third-order valence-corrected chi connectivity index (χ3v) is 2.92. The van der Waals surface area contributed by atoms with Crippen molar-refractivity contribution in [1.29, 1.82) is 0 Å². The first-order chi connectivity index (χ1) is 9.68. The maximum Gasteiger partial charge on any atom is 0.196 e. The molecule has 0 aromatic heterocycles. The van der Waals surface area contributed by atoms with Crippen LogP contribution in [0.2, 0.25) is 0 Å². The molecule has 20 heavy (non-hydrogen) atoms. The number of hydrogen-bond acceptors (Lipinski definition) is 3. The topological polar surface area (TPSA) is 52.3 Å². The second-order valence-electron chi connectivity index (χ2n) is 4.83. The van der Waals surface area contributed by atoms with E-state index in [-0.39, 0.29) is 11.8 Å². The molecule has 0 spiro atoms. The summed E-state index contributed by atoms with van der Waals surface area (Å²) in [6.07, 6.45) is -0.607. The average molecular weight is 269 g/mol. The average Bonchev–Trinajstić information content (AvgIpc) is 2.49. The molecule has 0 aliphatic rings. The van der Waals surface area contributed by atoms with E-state index in [4.69, 9.17) is 10.5 Å². The number of ketones is 1. The Balaban J connectivity index is 2.25. The van der Waals surface area contributed by atoms with Gasteiger partial charge in [-0.25, -0.2) is 0 Å². The summed E-state index contributed by atoms with van der Waals surface area (Å²) in [5, 5.41) is 0. The van der Waals surface area contributed by atoms with Crippen LogP contribution >= 0.6 is 0 Å². The van der Waals surface area contributed by atoms with Gasteiger partial charge in [-0.15, -0.1) is 0 Å². The summed E-state index contributed by atoms with van der Waals surface area (Å²) in [5.41, 5.74) is 7.21. The minimum absolute atomic E-state index is 0.0440. The highest BCUT2D eigenvalue weighted by Crippen LogP contribution is 2.22. The molecule has 3 heteroatoms. The van der Waals surface area contributed by atoms with Crippen LogP contribution < -0.4 is 5.73 Å². The fraction of sp³-hybridized carbons (Fsp3) is 0.235. The number of nitrogens with two attached hydrogens (primary N) is 1. The molecule has 0 heterocycles. The zero-order valence-corrected chi connectivity index (χ0v) is 11.5. The predicted octanol–water partition coefficient (Wildman–Crippen LogP) is 2.97. The number of rotatable bonds is 6. The first kappa shape index (κ1) is 14.4. The zero-order chi connectivity index (χ0) is 14.4. The minimum Gasteiger partial charge on any atom is -0.364 e. The van der Waals surface area contributed by atoms with Gasteiger partial charge < -0.3 is 10.5 Å². The molecule has 2 N–H and O–H groups in total. The van der Waals surface area contributed by atoms with Crippen molar-refractivity contribution in [2.24, 2.45) is 5.73 Å². The van der Waals surface area contributed by atoms with Crippen LogP contribution in [0.3, 0.4) is 0 Å². The fourth-order valence-electron chi connectivity index (χ4n) is 1.95. The van der Waals surface area contributed by atoms with Crippen LogP contribution in [0.5, 0.6) is 0 Å². The van der Waals surface area contributed by atoms with E-state index < -0.39 is 6.10 Å². The number of carbonyl (C=O) groups is 1. The minimum atomic E-state index is -0.607. The first-order valence-electron chi connectivity index (χ1n) is 6.70. The summed E-state index contributed by atoms with van der Waals surface area (Å²) in [5.74, 6) is -0.0440. The van der Waals surface area contributed by atoms with E-state index in [1.54, 1.807) is 12.1 Å². The van der Waals surface area contributed by atoms with E-state index in [0.717, 1.165) is 5.56 Å². The summed E-state index contributed by atoms with van der Waals surface area (Å²) < 4.78 is 5.73. The van der Waals surface area contributed by atoms with Gasteiger partial charge in [0.15, 0.2) is 5.78 Å². The summed E-state index contributed by atoms with van der Waals surface area (Å²) >= 11 is 0. The Kier molecular flexibility index (Phi) is 5.04. The lowest BCUT2D eigenvalue weighted by Crippen LogP contribution is -2.26. The van der Waals surface area contributed by atoms with Gasteiger partial charge in [0.05, 0.1) is 6.61 Å². The van der Waals surface area contributed by atoms with Crippen molar-refractivity contribution in [3.63, 3.8) is 0 Å². The lowest BCUT2D eigenvalue weighted by Gasteiger charge is -2.18. The molecule has 2 unspecified atom stereocenters. The standard InChI is InChI=1S/C17H19NO2/c1-13(18)12-20-17(15-10-6-3-7-11-15)16(19)14-8-4-2-5-9-14/h2-11,13,17H,12,18H2,1H3. The highest BCUT2D eigenvalue weighted by atomic mass is 16.5. The maximum atomic E-state index is 12.6. The van der Waals surface area contributed by atoms with Gasteiger partial charge in [-0.1, -0.05) is 60.7 Å². The smallest absolute Gasteiger partial charge is 0.196 e. The molecule has 0 saturated carbocycles. The van der Waals surface area contributed by atoms with E-state index in [9.17, 15) is 4.79 Å². The van der Waals surface area contributed by atoms with Crippen LogP contribution in [0, 0.1) is 0 Å². The fourth-order valence-corrected chi connectivity index (χ4v) is 1.95. The van der Waals surface area contributed by atoms with Gasteiger partial charge in [-0.2, -0.15) is 0 Å². The van der Waals surface area contributed by atoms with Crippen molar-refractivity contribution in [1.82, 2.24) is 0 Å². The van der Waals surface area contributed by atoms with Gasteiger partial charge in [0.2, 0.25) is 0 Å². The quantitative estimate of drug-likeness (QED) is 0.820. The van der Waals surface area contributed by atoms with Gasteiger partial charge in [0, 0.05) is 11.6 Å². The second-order valence-corrected chi connectivity index (χ2v) is 4.83. The Morgan fingerprint density at radius 3 is 2.15 bits per heavy atom. The van der Waals surface area contributed by atoms with Crippen LogP contribution in [0.1, 0.15) is 28.9 Å². The summed E-state index contributed by atoms with van der Waals surface area (Å²) in [7, 11) is 0. The predicted molar refractivity (Wildman–Crippen MR) is 79.6 cm³/mol. The highest BCUT2D eigenvalue weighted by Gasteiger charge is 2.22. The molecule has 0 bridgehead atoms. The highest BCUT2D eigenvalue weighted by molar-refractivity contribution is 6.00. The Hall–Kier alpha value is -1.97. The summed E-state index contributed by atoms with van der Waals surface area (Å²) in [6.45, 7) is 2.20. The Labute approximate surface area is 119 Å². The van der Waals surface area contributed by atoms with Crippen LogP contribution in [0.4, 0.5) is 0 Å². The molecular formula is C17H19NO2. The van der Waals surface area contributed by atoms with Crippen LogP contribution in [0.15, 0.2) is 60.7 Å². The Bertz CT molecular complexity index is 537. The van der Waals surface area contributed by atoms with Gasteiger partial charge in [0.1, 0.15) is 6.10 Å². The summed E-state index contributed by atoms with van der Waals surface area (Å²) in [4.78, 5) is 12.6. The molecule has 0 amide bonds. The largest absolute Gasteiger partial charge is 0.364 e. The van der Waals surface area contributed by atoms with Crippen molar-refractivity contribution in [2.75, 3.05) is 6.61 Å². The lowest BCUT2D eigenvalue weighted by atomic mass is 10.00. The third-order valence-electron chi connectivity index (χ3n) is 2.92. The van der Waals surface area contributed by atoms with Gasteiger partial charge in [-0.3, -0.25) is 4.79 Å². The summed E-state index contributed by atoms with van der Waals surface area (Å²) in [6, 6.07) is 18.6. The first-order valence-corrected chi connectivity index (χ1v) is 6.70. The molecule has 2 aromatic carbocycles. The monoisotopic (exact) mass is 269 g/mol. The van der Waals surface area contributed by atoms with Gasteiger partial charge in [-0.05, 0) is 12.5 Å². The molecular weight excluding hydrogens is 250 g/mol. The van der Waals surface area contributed by atoms with E-state index in [1.807, 2.05) is 55.5 Å². The molecule has 104 valence electrons. The SMILES string of the molecule is CC(N)COC(C(=O)c1ccccc1)c1ccccc1. The van der Waals surface area contributed by atoms with Gasteiger partial charge in [0.25, 0.3) is 0 Å². The van der Waals surface area contributed by atoms with Gasteiger partial charge >= 0.3 is 0 Å². The van der Waals surface area contributed by atoms with Crippen LogP contribution in [-0.2, 0) is 4.74 Å². The number of carbonyl (C=O) groups excluding carboxylic acids is 1. The van der Waals surface area contributed by atoms with Crippen molar-refractivity contribution >= 4 is 5.78 Å². The molecule has 0 aliphatic carbocycles. The Morgan fingerprint density at radius 1 is 1.05 bits per heavy atom. The third kappa shape index (κ3) is 3.76. The van der Waals surface area contributed by atoms with Crippen molar-refractivity contribution in [3.05, 3.63) is 71.8 Å². The molecule has 0 fully saturated rings. The number of benzene rings is 2. The van der Waals surface area contributed by atoms with E-state index in [2.05, 4.69) is 0 Å². The van der Waals surface area contributed by atoms with E-state index in [0.29, 0.717) is 12.2 Å². The number of hydrogen-bond donors (Lipinski definition) is 1. The maximum absolute atomic E-state index is 12.6. The van der Waals surface area contributed by atoms with Crippen molar-refractivity contribution < 1.29 is 9.53 Å². The van der Waals surface area contributed by atoms with Crippen molar-refractivity contribution in [2.45, 2.75) is 19.1 Å².